The number of carbonyl (C=O) groups is 2. The van der Waals surface area contributed by atoms with Gasteiger partial charge in [0.15, 0.2) is 0 Å². The number of aryl methyl sites for hydroxylation is 1. The van der Waals surface area contributed by atoms with Crippen LogP contribution in [0.1, 0.15) is 23.1 Å². The average Bonchev–Trinajstić information content (AvgIpc) is 2.98. The fourth-order valence-electron chi connectivity index (χ4n) is 3.11. The first-order valence-electron chi connectivity index (χ1n) is 8.35. The molecule has 2 aromatic rings. The van der Waals surface area contributed by atoms with Crippen molar-refractivity contribution in [2.24, 2.45) is 5.92 Å². The first-order valence-corrected chi connectivity index (χ1v) is 8.73. The van der Waals surface area contributed by atoms with E-state index in [2.05, 4.69) is 5.32 Å². The highest BCUT2D eigenvalue weighted by Crippen LogP contribution is 2.29. The minimum absolute atomic E-state index is 0.00778. The van der Waals surface area contributed by atoms with Gasteiger partial charge in [-0.1, -0.05) is 41.9 Å². The highest BCUT2D eigenvalue weighted by molar-refractivity contribution is 6.31. The summed E-state index contributed by atoms with van der Waals surface area (Å²) >= 11 is 6.11. The number of amides is 2. The Labute approximate surface area is 152 Å². The zero-order chi connectivity index (χ0) is 18.0. The molecule has 0 unspecified atom stereocenters. The van der Waals surface area contributed by atoms with Crippen molar-refractivity contribution in [2.75, 3.05) is 11.4 Å². The molecule has 0 aromatic heterocycles. The number of nitrogens with one attached hydrogen (secondary N) is 1. The van der Waals surface area contributed by atoms with E-state index < -0.39 is 0 Å². The van der Waals surface area contributed by atoms with Crippen molar-refractivity contribution in [1.82, 2.24) is 5.32 Å². The Morgan fingerprint density at radius 1 is 1.20 bits per heavy atom. The maximum atomic E-state index is 12.5. The van der Waals surface area contributed by atoms with E-state index >= 15 is 0 Å². The van der Waals surface area contributed by atoms with Crippen LogP contribution in [0.3, 0.4) is 0 Å². The molecule has 1 N–H and O–H groups in total. The van der Waals surface area contributed by atoms with Gasteiger partial charge in [0.05, 0.1) is 5.92 Å². The topological polar surface area (TPSA) is 49.4 Å². The molecule has 1 aliphatic heterocycles. The molecule has 0 saturated carbocycles. The summed E-state index contributed by atoms with van der Waals surface area (Å²) in [5.41, 5.74) is 3.98. The van der Waals surface area contributed by atoms with Gasteiger partial charge in [-0.3, -0.25) is 9.59 Å². The monoisotopic (exact) mass is 356 g/mol. The van der Waals surface area contributed by atoms with Crippen LogP contribution in [0.15, 0.2) is 42.5 Å². The number of anilines is 1. The van der Waals surface area contributed by atoms with Gasteiger partial charge >= 0.3 is 0 Å². The van der Waals surface area contributed by atoms with Crippen molar-refractivity contribution >= 4 is 29.1 Å². The third-order valence-electron chi connectivity index (χ3n) is 4.77. The molecule has 5 heteroatoms. The highest BCUT2D eigenvalue weighted by Gasteiger charge is 2.35. The SMILES string of the molecule is Cc1cccc(N2C[C@@H](C(=O)NCc3ccccc3Cl)CC2=O)c1C. The predicted molar refractivity (Wildman–Crippen MR) is 99.7 cm³/mol. The zero-order valence-corrected chi connectivity index (χ0v) is 15.1. The molecule has 25 heavy (non-hydrogen) atoms. The Hall–Kier alpha value is -2.33. The Morgan fingerprint density at radius 2 is 1.96 bits per heavy atom. The first-order chi connectivity index (χ1) is 12.0. The van der Waals surface area contributed by atoms with Gasteiger partial charge in [-0.05, 0) is 42.7 Å². The summed E-state index contributed by atoms with van der Waals surface area (Å²) in [6.07, 6.45) is 0.238. The molecule has 1 aliphatic rings. The molecule has 130 valence electrons. The van der Waals surface area contributed by atoms with Crippen LogP contribution >= 0.6 is 11.6 Å². The van der Waals surface area contributed by atoms with Crippen LogP contribution < -0.4 is 10.2 Å². The van der Waals surface area contributed by atoms with E-state index in [0.29, 0.717) is 18.1 Å². The number of rotatable bonds is 4. The van der Waals surface area contributed by atoms with Gasteiger partial charge in [0.25, 0.3) is 0 Å². The molecule has 0 bridgehead atoms. The van der Waals surface area contributed by atoms with E-state index in [-0.39, 0.29) is 24.2 Å². The number of halogens is 1. The number of hydrogen-bond donors (Lipinski definition) is 1. The van der Waals surface area contributed by atoms with Crippen molar-refractivity contribution in [3.05, 3.63) is 64.2 Å². The minimum Gasteiger partial charge on any atom is -0.352 e. The first kappa shape index (κ1) is 17.5. The lowest BCUT2D eigenvalue weighted by Gasteiger charge is -2.20. The molecule has 1 atom stereocenters. The number of benzene rings is 2. The summed E-state index contributed by atoms with van der Waals surface area (Å²) in [7, 11) is 0. The van der Waals surface area contributed by atoms with Crippen molar-refractivity contribution in [3.8, 4) is 0 Å². The Bertz CT molecular complexity index is 819. The second-order valence-electron chi connectivity index (χ2n) is 6.43. The standard InChI is InChI=1S/C20H21ClN2O2/c1-13-6-5-9-18(14(13)2)23-12-16(10-19(23)24)20(25)22-11-15-7-3-4-8-17(15)21/h3-9,16H,10-12H2,1-2H3,(H,22,25)/t16-/m0/s1. The third kappa shape index (κ3) is 3.69. The predicted octanol–water partition coefficient (Wildman–Crippen LogP) is 3.63. The fraction of sp³-hybridized carbons (Fsp3) is 0.300. The lowest BCUT2D eigenvalue weighted by Crippen LogP contribution is -2.32. The molecular formula is C20H21ClN2O2. The lowest BCUT2D eigenvalue weighted by molar-refractivity contribution is -0.126. The second-order valence-corrected chi connectivity index (χ2v) is 6.84. The molecule has 1 saturated heterocycles. The Balaban J connectivity index is 1.67. The van der Waals surface area contributed by atoms with Crippen molar-refractivity contribution in [3.63, 3.8) is 0 Å². The normalized spacial score (nSPS) is 17.0. The number of nitrogens with zero attached hydrogens (tertiary/aromatic N) is 1. The van der Waals surface area contributed by atoms with Gasteiger partial charge in [0.1, 0.15) is 0 Å². The molecular weight excluding hydrogens is 336 g/mol. The fourth-order valence-corrected chi connectivity index (χ4v) is 3.32. The number of hydrogen-bond acceptors (Lipinski definition) is 2. The molecule has 0 spiro atoms. The van der Waals surface area contributed by atoms with Crippen molar-refractivity contribution in [2.45, 2.75) is 26.8 Å². The Morgan fingerprint density at radius 3 is 2.72 bits per heavy atom. The van der Waals surface area contributed by atoms with Crippen LogP contribution in [0.4, 0.5) is 5.69 Å². The second kappa shape index (κ2) is 7.28. The molecule has 2 aromatic carbocycles. The van der Waals surface area contributed by atoms with E-state index in [1.807, 2.05) is 50.2 Å². The summed E-state index contributed by atoms with van der Waals surface area (Å²) < 4.78 is 0. The third-order valence-corrected chi connectivity index (χ3v) is 5.14. The van der Waals surface area contributed by atoms with Crippen molar-refractivity contribution in [1.29, 1.82) is 0 Å². The smallest absolute Gasteiger partial charge is 0.227 e. The molecule has 2 amide bonds. The summed E-state index contributed by atoms with van der Waals surface area (Å²) in [6, 6.07) is 13.3. The van der Waals surface area contributed by atoms with Gasteiger partial charge in [-0.2, -0.15) is 0 Å². The van der Waals surface area contributed by atoms with Crippen LogP contribution in [0, 0.1) is 19.8 Å². The minimum atomic E-state index is -0.338. The van der Waals surface area contributed by atoms with Crippen LogP contribution in [0.5, 0.6) is 0 Å². The summed E-state index contributed by atoms with van der Waals surface area (Å²) in [5, 5.41) is 3.53. The lowest BCUT2D eigenvalue weighted by atomic mass is 10.1. The zero-order valence-electron chi connectivity index (χ0n) is 14.4. The molecule has 0 aliphatic carbocycles. The van der Waals surface area contributed by atoms with Gasteiger partial charge in [0.2, 0.25) is 11.8 Å². The van der Waals surface area contributed by atoms with Gasteiger partial charge < -0.3 is 10.2 Å². The van der Waals surface area contributed by atoms with E-state index in [4.69, 9.17) is 11.6 Å². The summed E-state index contributed by atoms with van der Waals surface area (Å²) in [5.74, 6) is -0.456. The van der Waals surface area contributed by atoms with Gasteiger partial charge in [-0.25, -0.2) is 0 Å². The maximum Gasteiger partial charge on any atom is 0.227 e. The highest BCUT2D eigenvalue weighted by atomic mass is 35.5. The van der Waals surface area contributed by atoms with E-state index in [9.17, 15) is 9.59 Å². The van der Waals surface area contributed by atoms with E-state index in [1.165, 1.54) is 0 Å². The quantitative estimate of drug-likeness (QED) is 0.909. The van der Waals surface area contributed by atoms with Gasteiger partial charge in [-0.15, -0.1) is 0 Å². The van der Waals surface area contributed by atoms with Crippen LogP contribution in [0.25, 0.3) is 0 Å². The number of carbonyl (C=O) groups excluding carboxylic acids is 2. The molecule has 4 nitrogen and oxygen atoms in total. The van der Waals surface area contributed by atoms with Crippen LogP contribution in [-0.2, 0) is 16.1 Å². The summed E-state index contributed by atoms with van der Waals surface area (Å²) in [4.78, 5) is 26.6. The Kier molecular flexibility index (Phi) is 5.09. The molecule has 0 radical (unpaired) electrons. The van der Waals surface area contributed by atoms with Crippen molar-refractivity contribution < 1.29 is 9.59 Å². The van der Waals surface area contributed by atoms with Crippen LogP contribution in [0.2, 0.25) is 5.02 Å². The maximum absolute atomic E-state index is 12.5. The van der Waals surface area contributed by atoms with E-state index in [1.54, 1.807) is 11.0 Å². The molecule has 3 rings (SSSR count). The van der Waals surface area contributed by atoms with Gasteiger partial charge in [0, 0.05) is 30.2 Å². The van der Waals surface area contributed by atoms with Crippen LogP contribution in [-0.4, -0.2) is 18.4 Å². The average molecular weight is 357 g/mol. The largest absolute Gasteiger partial charge is 0.352 e. The molecule has 1 fully saturated rings. The summed E-state index contributed by atoms with van der Waals surface area (Å²) in [6.45, 7) is 4.81. The van der Waals surface area contributed by atoms with E-state index in [0.717, 1.165) is 22.4 Å². The molecule has 1 heterocycles.